The number of rotatable bonds is 2. The zero-order valence-corrected chi connectivity index (χ0v) is 10.4. The molecular formula is C14H10F3NO2. The normalized spacial score (nSPS) is 11.2. The van der Waals surface area contributed by atoms with Crippen molar-refractivity contribution in [2.45, 2.75) is 6.18 Å². The Morgan fingerprint density at radius 3 is 2.40 bits per heavy atom. The maximum absolute atomic E-state index is 12.9. The van der Waals surface area contributed by atoms with Crippen molar-refractivity contribution in [3.63, 3.8) is 0 Å². The van der Waals surface area contributed by atoms with Gasteiger partial charge in [0.2, 0.25) is 0 Å². The van der Waals surface area contributed by atoms with Crippen molar-refractivity contribution in [3.8, 4) is 11.3 Å². The SMILES string of the molecule is COC(=O)c1ccc(-c2ccccc2C(F)(F)F)nc1. The van der Waals surface area contributed by atoms with Crippen molar-refractivity contribution >= 4 is 5.97 Å². The second kappa shape index (κ2) is 5.32. The summed E-state index contributed by atoms with van der Waals surface area (Å²) >= 11 is 0. The highest BCUT2D eigenvalue weighted by atomic mass is 19.4. The molecule has 0 aliphatic rings. The van der Waals surface area contributed by atoms with Crippen LogP contribution in [-0.4, -0.2) is 18.1 Å². The minimum atomic E-state index is -4.46. The zero-order chi connectivity index (χ0) is 14.8. The maximum atomic E-state index is 12.9. The van der Waals surface area contributed by atoms with Crippen LogP contribution in [0.2, 0.25) is 0 Å². The number of pyridine rings is 1. The Labute approximate surface area is 113 Å². The van der Waals surface area contributed by atoms with Crippen LogP contribution in [0.15, 0.2) is 42.6 Å². The summed E-state index contributed by atoms with van der Waals surface area (Å²) in [5.74, 6) is -0.590. The molecule has 0 bridgehead atoms. The first kappa shape index (κ1) is 14.0. The van der Waals surface area contributed by atoms with Crippen molar-refractivity contribution in [1.82, 2.24) is 4.98 Å². The van der Waals surface area contributed by atoms with E-state index in [9.17, 15) is 18.0 Å². The summed E-state index contributed by atoms with van der Waals surface area (Å²) in [5, 5.41) is 0. The van der Waals surface area contributed by atoms with Crippen LogP contribution in [0.1, 0.15) is 15.9 Å². The third-order valence-corrected chi connectivity index (χ3v) is 2.69. The predicted molar refractivity (Wildman–Crippen MR) is 66.0 cm³/mol. The van der Waals surface area contributed by atoms with Gasteiger partial charge in [0, 0.05) is 11.8 Å². The van der Waals surface area contributed by atoms with E-state index in [1.54, 1.807) is 0 Å². The molecule has 0 aliphatic carbocycles. The fraction of sp³-hybridized carbons (Fsp3) is 0.143. The average Bonchev–Trinajstić information content (AvgIpc) is 2.46. The first-order valence-corrected chi connectivity index (χ1v) is 5.64. The van der Waals surface area contributed by atoms with Crippen molar-refractivity contribution in [2.75, 3.05) is 7.11 Å². The standard InChI is InChI=1S/C14H10F3NO2/c1-20-13(19)9-6-7-12(18-8-9)10-4-2-3-5-11(10)14(15,16)17/h2-8H,1H3. The van der Waals surface area contributed by atoms with Gasteiger partial charge in [-0.15, -0.1) is 0 Å². The maximum Gasteiger partial charge on any atom is 0.417 e. The fourth-order valence-electron chi connectivity index (χ4n) is 1.75. The van der Waals surface area contributed by atoms with Crippen LogP contribution >= 0.6 is 0 Å². The molecule has 6 heteroatoms. The molecule has 104 valence electrons. The van der Waals surface area contributed by atoms with E-state index in [-0.39, 0.29) is 16.8 Å². The van der Waals surface area contributed by atoms with E-state index >= 15 is 0 Å². The first-order chi connectivity index (χ1) is 9.43. The van der Waals surface area contributed by atoms with Crippen LogP contribution in [0.4, 0.5) is 13.2 Å². The van der Waals surface area contributed by atoms with Gasteiger partial charge in [-0.25, -0.2) is 4.79 Å². The number of alkyl halides is 3. The molecule has 0 amide bonds. The van der Waals surface area contributed by atoms with Crippen LogP contribution < -0.4 is 0 Å². The molecule has 20 heavy (non-hydrogen) atoms. The molecule has 0 spiro atoms. The molecule has 0 atom stereocenters. The van der Waals surface area contributed by atoms with E-state index in [1.807, 2.05) is 0 Å². The number of benzene rings is 1. The summed E-state index contributed by atoms with van der Waals surface area (Å²) in [4.78, 5) is 15.1. The minimum Gasteiger partial charge on any atom is -0.465 e. The highest BCUT2D eigenvalue weighted by Crippen LogP contribution is 2.36. The van der Waals surface area contributed by atoms with Crippen molar-refractivity contribution in [2.24, 2.45) is 0 Å². The Kier molecular flexibility index (Phi) is 3.74. The summed E-state index contributed by atoms with van der Waals surface area (Å²) in [6, 6.07) is 7.88. The molecule has 2 rings (SSSR count). The molecule has 0 aliphatic heterocycles. The van der Waals surface area contributed by atoms with Gasteiger partial charge in [-0.05, 0) is 18.2 Å². The quantitative estimate of drug-likeness (QED) is 0.790. The summed E-state index contributed by atoms with van der Waals surface area (Å²) in [5.41, 5.74) is -0.471. The second-order valence-corrected chi connectivity index (χ2v) is 3.97. The number of nitrogens with zero attached hydrogens (tertiary/aromatic N) is 1. The Bertz CT molecular complexity index is 621. The molecule has 2 aromatic rings. The van der Waals surface area contributed by atoms with Gasteiger partial charge in [-0.1, -0.05) is 18.2 Å². The van der Waals surface area contributed by atoms with Crippen molar-refractivity contribution in [3.05, 3.63) is 53.7 Å². The number of hydrogen-bond donors (Lipinski definition) is 0. The van der Waals surface area contributed by atoms with Gasteiger partial charge in [-0.3, -0.25) is 4.98 Å². The molecule has 1 heterocycles. The summed E-state index contributed by atoms with van der Waals surface area (Å²) in [7, 11) is 1.22. The Hall–Kier alpha value is -2.37. The van der Waals surface area contributed by atoms with Gasteiger partial charge in [0.1, 0.15) is 0 Å². The Morgan fingerprint density at radius 2 is 1.85 bits per heavy atom. The van der Waals surface area contributed by atoms with Gasteiger partial charge in [0.05, 0.1) is 23.9 Å². The van der Waals surface area contributed by atoms with E-state index in [1.165, 1.54) is 43.6 Å². The van der Waals surface area contributed by atoms with E-state index < -0.39 is 17.7 Å². The van der Waals surface area contributed by atoms with E-state index in [4.69, 9.17) is 0 Å². The minimum absolute atomic E-state index is 0.0311. The molecule has 1 aromatic heterocycles. The summed E-state index contributed by atoms with van der Waals surface area (Å²) < 4.78 is 43.2. The average molecular weight is 281 g/mol. The molecular weight excluding hydrogens is 271 g/mol. The first-order valence-electron chi connectivity index (χ1n) is 5.64. The van der Waals surface area contributed by atoms with Crippen LogP contribution in [0.3, 0.4) is 0 Å². The number of carbonyl (C=O) groups is 1. The number of esters is 1. The van der Waals surface area contributed by atoms with Crippen LogP contribution in [0.25, 0.3) is 11.3 Å². The molecule has 0 fully saturated rings. The summed E-state index contributed by atoms with van der Waals surface area (Å²) in [6.45, 7) is 0. The van der Waals surface area contributed by atoms with Gasteiger partial charge in [0.25, 0.3) is 0 Å². The number of carbonyl (C=O) groups excluding carboxylic acids is 1. The van der Waals surface area contributed by atoms with E-state index in [0.717, 1.165) is 6.07 Å². The van der Waals surface area contributed by atoms with Gasteiger partial charge >= 0.3 is 12.1 Å². The summed E-state index contributed by atoms with van der Waals surface area (Å²) in [6.07, 6.45) is -3.27. The number of methoxy groups -OCH3 is 1. The molecule has 0 saturated heterocycles. The van der Waals surface area contributed by atoms with E-state index in [0.29, 0.717) is 0 Å². The third kappa shape index (κ3) is 2.79. The van der Waals surface area contributed by atoms with Gasteiger partial charge < -0.3 is 4.74 Å². The lowest BCUT2D eigenvalue weighted by Crippen LogP contribution is -2.07. The third-order valence-electron chi connectivity index (χ3n) is 2.69. The predicted octanol–water partition coefficient (Wildman–Crippen LogP) is 3.55. The number of hydrogen-bond acceptors (Lipinski definition) is 3. The highest BCUT2D eigenvalue weighted by molar-refractivity contribution is 5.89. The fourth-order valence-corrected chi connectivity index (χ4v) is 1.75. The van der Waals surface area contributed by atoms with Gasteiger partial charge in [-0.2, -0.15) is 13.2 Å². The Balaban J connectivity index is 2.45. The largest absolute Gasteiger partial charge is 0.465 e. The zero-order valence-electron chi connectivity index (χ0n) is 10.4. The molecule has 0 saturated carbocycles. The lowest BCUT2D eigenvalue weighted by molar-refractivity contribution is -0.137. The van der Waals surface area contributed by atoms with E-state index in [2.05, 4.69) is 9.72 Å². The topological polar surface area (TPSA) is 39.2 Å². The molecule has 1 aromatic carbocycles. The molecule has 3 nitrogen and oxygen atoms in total. The lowest BCUT2D eigenvalue weighted by atomic mass is 10.0. The second-order valence-electron chi connectivity index (χ2n) is 3.97. The molecule has 0 N–H and O–H groups in total. The highest BCUT2D eigenvalue weighted by Gasteiger charge is 2.33. The number of ether oxygens (including phenoxy) is 1. The van der Waals surface area contributed by atoms with Crippen molar-refractivity contribution < 1.29 is 22.7 Å². The van der Waals surface area contributed by atoms with Crippen LogP contribution in [0, 0.1) is 0 Å². The molecule has 0 unspecified atom stereocenters. The number of aromatic nitrogens is 1. The van der Waals surface area contributed by atoms with Gasteiger partial charge in [0.15, 0.2) is 0 Å². The smallest absolute Gasteiger partial charge is 0.417 e. The Morgan fingerprint density at radius 1 is 1.15 bits per heavy atom. The van der Waals surface area contributed by atoms with Crippen LogP contribution in [0.5, 0.6) is 0 Å². The van der Waals surface area contributed by atoms with Crippen LogP contribution in [-0.2, 0) is 10.9 Å². The monoisotopic (exact) mass is 281 g/mol. The van der Waals surface area contributed by atoms with Crippen molar-refractivity contribution in [1.29, 1.82) is 0 Å². The number of halogens is 3. The molecule has 0 radical (unpaired) electrons. The lowest BCUT2D eigenvalue weighted by Gasteiger charge is -2.12.